The van der Waals surface area contributed by atoms with E-state index in [0.29, 0.717) is 25.7 Å². The van der Waals surface area contributed by atoms with Crippen LogP contribution in [0.4, 0.5) is 13.2 Å². The molecule has 38 heavy (non-hydrogen) atoms. The monoisotopic (exact) mass is 542 g/mol. The summed E-state index contributed by atoms with van der Waals surface area (Å²) in [5.41, 5.74) is -0.790. The van der Waals surface area contributed by atoms with Gasteiger partial charge in [0.15, 0.2) is 0 Å². The first-order valence-corrected chi connectivity index (χ1v) is 13.2. The van der Waals surface area contributed by atoms with Crippen molar-refractivity contribution in [2.24, 2.45) is 11.8 Å². The number of allylic oxidation sites excluding steroid dienone is 2. The molecule has 1 aliphatic carbocycles. The summed E-state index contributed by atoms with van der Waals surface area (Å²) in [6.07, 6.45) is 3.30. The molecule has 6 nitrogen and oxygen atoms in total. The summed E-state index contributed by atoms with van der Waals surface area (Å²) in [5.74, 6) is -0.652. The number of aliphatic hydroxyl groups excluding tert-OH is 2. The second-order valence-electron chi connectivity index (χ2n) is 10.2. The van der Waals surface area contributed by atoms with E-state index >= 15 is 0 Å². The summed E-state index contributed by atoms with van der Waals surface area (Å²) in [6, 6.07) is 4.68. The van der Waals surface area contributed by atoms with Crippen LogP contribution in [0, 0.1) is 11.8 Å². The Bertz CT molecular complexity index is 912. The highest BCUT2D eigenvalue weighted by Crippen LogP contribution is 2.36. The number of aliphatic hydroxyl groups is 2. The van der Waals surface area contributed by atoms with Crippen LogP contribution in [0.15, 0.2) is 48.6 Å². The summed E-state index contributed by atoms with van der Waals surface area (Å²) in [7, 11) is 0. The van der Waals surface area contributed by atoms with Crippen molar-refractivity contribution in [3.63, 3.8) is 0 Å². The molecule has 0 saturated heterocycles. The minimum absolute atomic E-state index is 0.00876. The number of hydrogen-bond acceptors (Lipinski definition) is 6. The van der Waals surface area contributed by atoms with Crippen LogP contribution in [-0.2, 0) is 20.4 Å². The van der Waals surface area contributed by atoms with Gasteiger partial charge in [0, 0.05) is 18.8 Å². The summed E-state index contributed by atoms with van der Waals surface area (Å²) >= 11 is 0. The molecule has 1 aromatic rings. The van der Waals surface area contributed by atoms with Gasteiger partial charge in [-0.2, -0.15) is 13.2 Å². The van der Waals surface area contributed by atoms with Crippen LogP contribution < -0.4 is 4.74 Å². The zero-order valence-electron chi connectivity index (χ0n) is 22.6. The van der Waals surface area contributed by atoms with E-state index in [1.165, 1.54) is 12.1 Å². The molecule has 0 spiro atoms. The number of halogens is 3. The molecule has 2 N–H and O–H groups in total. The quantitative estimate of drug-likeness (QED) is 0.174. The standard InChI is InChI=1S/C29H41F3O6/c1-19(2)37-23(18-36-22-11-9-10-21(16-22)29(30,31)32)14-15-25-24(26(33)17-27(25)34)12-7-5-6-8-13-28(35)38-20(3)4/h5,7,9-11,14-16,19-20,23-27,33-34H,6,8,12-13,17-18H2,1-4H3/b7-5-,15-14+/t23-,24-,25-,26+,27-/m1/s1. The predicted molar refractivity (Wildman–Crippen MR) is 139 cm³/mol. The number of carbonyl (C=O) groups is 1. The molecule has 1 aromatic carbocycles. The van der Waals surface area contributed by atoms with Crippen LogP contribution in [-0.4, -0.2) is 53.3 Å². The average Bonchev–Trinajstić information content (AvgIpc) is 3.08. The first-order valence-electron chi connectivity index (χ1n) is 13.2. The molecule has 1 saturated carbocycles. The topological polar surface area (TPSA) is 85.2 Å². The molecule has 9 heteroatoms. The van der Waals surface area contributed by atoms with Gasteiger partial charge in [0.1, 0.15) is 18.5 Å². The Morgan fingerprint density at radius 1 is 1.11 bits per heavy atom. The van der Waals surface area contributed by atoms with E-state index in [1.54, 1.807) is 6.08 Å². The lowest BCUT2D eigenvalue weighted by Gasteiger charge is -2.22. The van der Waals surface area contributed by atoms with Crippen LogP contribution in [0.1, 0.15) is 65.4 Å². The van der Waals surface area contributed by atoms with Crippen molar-refractivity contribution in [1.29, 1.82) is 0 Å². The maximum atomic E-state index is 13.0. The van der Waals surface area contributed by atoms with E-state index in [2.05, 4.69) is 0 Å². The zero-order valence-corrected chi connectivity index (χ0v) is 22.6. The molecule has 0 amide bonds. The van der Waals surface area contributed by atoms with Gasteiger partial charge in [-0.15, -0.1) is 0 Å². The SMILES string of the molecule is CC(C)OC(=O)CCC/C=C\C[C@@H]1[C@@H](/C=C/[C@H](COc2cccc(C(F)(F)F)c2)OC(C)C)[C@H](O)C[C@@H]1O. The molecule has 2 rings (SSSR count). The normalized spacial score (nSPS) is 23.1. The van der Waals surface area contributed by atoms with Gasteiger partial charge < -0.3 is 24.4 Å². The van der Waals surface area contributed by atoms with E-state index in [9.17, 15) is 28.2 Å². The lowest BCUT2D eigenvalue weighted by atomic mass is 9.89. The Morgan fingerprint density at radius 3 is 2.50 bits per heavy atom. The Labute approximate surface area is 223 Å². The second kappa shape index (κ2) is 15.3. The first-order chi connectivity index (χ1) is 17.9. The minimum Gasteiger partial charge on any atom is -0.491 e. The molecule has 5 atom stereocenters. The smallest absolute Gasteiger partial charge is 0.416 e. The van der Waals surface area contributed by atoms with Crippen molar-refractivity contribution in [3.05, 3.63) is 54.1 Å². The lowest BCUT2D eigenvalue weighted by Crippen LogP contribution is -2.25. The van der Waals surface area contributed by atoms with Gasteiger partial charge >= 0.3 is 12.1 Å². The van der Waals surface area contributed by atoms with E-state index in [0.717, 1.165) is 12.1 Å². The highest BCUT2D eigenvalue weighted by molar-refractivity contribution is 5.69. The number of rotatable bonds is 14. The van der Waals surface area contributed by atoms with Crippen molar-refractivity contribution >= 4 is 5.97 Å². The Hall–Kier alpha value is -2.36. The summed E-state index contributed by atoms with van der Waals surface area (Å²) in [5, 5.41) is 21.1. The third kappa shape index (κ3) is 11.2. The van der Waals surface area contributed by atoms with Crippen molar-refractivity contribution in [2.45, 2.75) is 96.5 Å². The van der Waals surface area contributed by atoms with Gasteiger partial charge in [-0.25, -0.2) is 0 Å². The fraction of sp³-hybridized carbons (Fsp3) is 0.621. The molecule has 0 aromatic heterocycles. The van der Waals surface area contributed by atoms with Crippen LogP contribution in [0.5, 0.6) is 5.75 Å². The highest BCUT2D eigenvalue weighted by Gasteiger charge is 2.39. The highest BCUT2D eigenvalue weighted by atomic mass is 19.4. The second-order valence-corrected chi connectivity index (χ2v) is 10.2. The van der Waals surface area contributed by atoms with Crippen LogP contribution >= 0.6 is 0 Å². The van der Waals surface area contributed by atoms with Gasteiger partial charge in [-0.3, -0.25) is 4.79 Å². The van der Waals surface area contributed by atoms with Crippen LogP contribution in [0.25, 0.3) is 0 Å². The Balaban J connectivity index is 1.96. The van der Waals surface area contributed by atoms with E-state index < -0.39 is 30.1 Å². The molecule has 0 unspecified atom stereocenters. The molecule has 1 aliphatic rings. The number of alkyl halides is 3. The minimum atomic E-state index is -4.46. The molecular formula is C29H41F3O6. The molecule has 0 aliphatic heterocycles. The number of benzene rings is 1. The number of hydrogen-bond donors (Lipinski definition) is 2. The van der Waals surface area contributed by atoms with Gasteiger partial charge in [0.2, 0.25) is 0 Å². The van der Waals surface area contributed by atoms with Gasteiger partial charge in [0.05, 0.1) is 30.0 Å². The number of unbranched alkanes of at least 4 members (excludes halogenated alkanes) is 1. The van der Waals surface area contributed by atoms with E-state index in [-0.39, 0.29) is 48.8 Å². The average molecular weight is 543 g/mol. The Morgan fingerprint density at radius 2 is 1.84 bits per heavy atom. The van der Waals surface area contributed by atoms with Gasteiger partial charge in [-0.05, 0) is 71.1 Å². The molecule has 1 fully saturated rings. The molecule has 0 heterocycles. The number of ether oxygens (including phenoxy) is 3. The van der Waals surface area contributed by atoms with Gasteiger partial charge in [0.25, 0.3) is 0 Å². The molecular weight excluding hydrogens is 501 g/mol. The van der Waals surface area contributed by atoms with E-state index in [4.69, 9.17) is 14.2 Å². The fourth-order valence-corrected chi connectivity index (χ4v) is 4.45. The summed E-state index contributed by atoms with van der Waals surface area (Å²) < 4.78 is 55.6. The van der Waals surface area contributed by atoms with Crippen LogP contribution in [0.2, 0.25) is 0 Å². The Kier molecular flexibility index (Phi) is 12.8. The number of esters is 1. The van der Waals surface area contributed by atoms with Crippen molar-refractivity contribution in [2.75, 3.05) is 6.61 Å². The van der Waals surface area contributed by atoms with Crippen molar-refractivity contribution in [1.82, 2.24) is 0 Å². The zero-order chi connectivity index (χ0) is 28.3. The van der Waals surface area contributed by atoms with E-state index in [1.807, 2.05) is 45.9 Å². The largest absolute Gasteiger partial charge is 0.491 e. The predicted octanol–water partition coefficient (Wildman–Crippen LogP) is 5.86. The third-order valence-electron chi connectivity index (χ3n) is 6.18. The first kappa shape index (κ1) is 31.9. The van der Waals surface area contributed by atoms with Gasteiger partial charge in [-0.1, -0.05) is 30.4 Å². The molecule has 0 radical (unpaired) electrons. The van der Waals surface area contributed by atoms with Crippen molar-refractivity contribution in [3.8, 4) is 5.75 Å². The van der Waals surface area contributed by atoms with Crippen LogP contribution in [0.3, 0.4) is 0 Å². The third-order valence-corrected chi connectivity index (χ3v) is 6.18. The number of carbonyl (C=O) groups excluding carboxylic acids is 1. The summed E-state index contributed by atoms with van der Waals surface area (Å²) in [4.78, 5) is 11.6. The molecule has 0 bridgehead atoms. The van der Waals surface area contributed by atoms with Crippen molar-refractivity contribution < 1.29 is 42.4 Å². The summed E-state index contributed by atoms with van der Waals surface area (Å²) in [6.45, 7) is 7.30. The fourth-order valence-electron chi connectivity index (χ4n) is 4.45. The molecule has 214 valence electrons. The lowest BCUT2D eigenvalue weighted by molar-refractivity contribution is -0.147. The maximum Gasteiger partial charge on any atom is 0.416 e. The maximum absolute atomic E-state index is 13.0.